The van der Waals surface area contributed by atoms with E-state index in [1.54, 1.807) is 16.9 Å². The Morgan fingerprint density at radius 3 is 2.88 bits per heavy atom. The highest BCUT2D eigenvalue weighted by molar-refractivity contribution is 7.39. The van der Waals surface area contributed by atoms with Crippen molar-refractivity contribution in [3.8, 4) is 11.3 Å². The molecule has 3 aromatic heterocycles. The molecule has 0 saturated heterocycles. The van der Waals surface area contributed by atoms with Crippen molar-refractivity contribution in [1.29, 1.82) is 0 Å². The van der Waals surface area contributed by atoms with E-state index in [0.29, 0.717) is 11.6 Å². The van der Waals surface area contributed by atoms with Gasteiger partial charge in [0.15, 0.2) is 5.65 Å². The molecule has 3 heterocycles. The minimum Gasteiger partial charge on any atom is -0.328 e. The number of nitrogens with zero attached hydrogens (tertiary/aromatic N) is 4. The van der Waals surface area contributed by atoms with E-state index < -0.39 is 26.6 Å². The first kappa shape index (κ1) is 16.1. The van der Waals surface area contributed by atoms with Crippen molar-refractivity contribution in [3.63, 3.8) is 0 Å². The van der Waals surface area contributed by atoms with Gasteiger partial charge in [0.1, 0.15) is 6.73 Å². The molecule has 1 aliphatic rings. The van der Waals surface area contributed by atoms with Gasteiger partial charge in [-0.3, -0.25) is 18.9 Å². The molecule has 0 amide bonds. The Kier molecular flexibility index (Phi) is 3.97. The normalized spacial score (nSPS) is 14.5. The fourth-order valence-corrected chi connectivity index (χ4v) is 2.90. The standard InChI is InChI=1S/C14H14N5O5P/c20-13-10(6-18(14(21)16-13)7-24-25(22)23)11-5-9(8-1-2-8)12-15-3-4-19(12)17-11/h3-6,8,22-23H,1-2,7H2,(H,16,20,21). The predicted molar refractivity (Wildman–Crippen MR) is 87.7 cm³/mol. The van der Waals surface area contributed by atoms with Crippen LogP contribution in [-0.2, 0) is 11.3 Å². The number of aromatic nitrogens is 5. The third kappa shape index (κ3) is 3.12. The van der Waals surface area contributed by atoms with Gasteiger partial charge in [-0.05, 0) is 24.8 Å². The Morgan fingerprint density at radius 2 is 2.16 bits per heavy atom. The highest BCUT2D eigenvalue weighted by Crippen LogP contribution is 2.42. The Labute approximate surface area is 141 Å². The monoisotopic (exact) mass is 363 g/mol. The van der Waals surface area contributed by atoms with Crippen LogP contribution in [0.1, 0.15) is 24.3 Å². The number of imidazole rings is 1. The highest BCUT2D eigenvalue weighted by Gasteiger charge is 2.27. The Balaban J connectivity index is 1.83. The number of hydrogen-bond donors (Lipinski definition) is 3. The maximum atomic E-state index is 12.2. The Morgan fingerprint density at radius 1 is 1.36 bits per heavy atom. The van der Waals surface area contributed by atoms with Crippen LogP contribution in [-0.4, -0.2) is 33.9 Å². The van der Waals surface area contributed by atoms with Crippen molar-refractivity contribution in [1.82, 2.24) is 24.1 Å². The van der Waals surface area contributed by atoms with E-state index in [-0.39, 0.29) is 5.56 Å². The maximum Gasteiger partial charge on any atom is 0.330 e. The number of aromatic amines is 1. The second kappa shape index (κ2) is 6.16. The molecule has 0 radical (unpaired) electrons. The van der Waals surface area contributed by atoms with Crippen molar-refractivity contribution < 1.29 is 14.3 Å². The summed E-state index contributed by atoms with van der Waals surface area (Å²) in [6, 6.07) is 1.81. The van der Waals surface area contributed by atoms with Crippen LogP contribution in [0.5, 0.6) is 0 Å². The maximum absolute atomic E-state index is 12.2. The summed E-state index contributed by atoms with van der Waals surface area (Å²) in [5, 5.41) is 4.39. The summed E-state index contributed by atoms with van der Waals surface area (Å²) in [5.41, 5.74) is 1.06. The topological polar surface area (TPSA) is 135 Å². The quantitative estimate of drug-likeness (QED) is 0.555. The van der Waals surface area contributed by atoms with Gasteiger partial charge in [-0.25, -0.2) is 14.3 Å². The van der Waals surface area contributed by atoms with Crippen molar-refractivity contribution in [2.45, 2.75) is 25.5 Å². The molecule has 0 spiro atoms. The summed E-state index contributed by atoms with van der Waals surface area (Å²) in [6.07, 6.45) is 6.75. The minimum atomic E-state index is -2.61. The molecule has 130 valence electrons. The van der Waals surface area contributed by atoms with Crippen LogP contribution in [0.4, 0.5) is 0 Å². The molecule has 1 fully saturated rings. The third-order valence-corrected chi connectivity index (χ3v) is 4.35. The van der Waals surface area contributed by atoms with E-state index in [1.165, 1.54) is 6.20 Å². The van der Waals surface area contributed by atoms with Crippen molar-refractivity contribution in [2.24, 2.45) is 0 Å². The number of hydrogen-bond acceptors (Lipinski definition) is 7. The summed E-state index contributed by atoms with van der Waals surface area (Å²) in [5.74, 6) is 0.396. The van der Waals surface area contributed by atoms with Gasteiger partial charge in [-0.2, -0.15) is 5.10 Å². The minimum absolute atomic E-state index is 0.181. The number of fused-ring (bicyclic) bond motifs is 1. The first-order valence-electron chi connectivity index (χ1n) is 7.52. The van der Waals surface area contributed by atoms with E-state index >= 15 is 0 Å². The second-order valence-corrected chi connectivity index (χ2v) is 6.50. The molecule has 11 heteroatoms. The first-order valence-corrected chi connectivity index (χ1v) is 8.68. The molecule has 10 nitrogen and oxygen atoms in total. The van der Waals surface area contributed by atoms with Crippen molar-refractivity contribution in [3.05, 3.63) is 51.1 Å². The Bertz CT molecular complexity index is 1050. The fraction of sp³-hybridized carbons (Fsp3) is 0.286. The molecule has 1 aliphatic carbocycles. The predicted octanol–water partition coefficient (Wildman–Crippen LogP) is 0.309. The average Bonchev–Trinajstić information content (AvgIpc) is 3.30. The van der Waals surface area contributed by atoms with Crippen LogP contribution in [0.25, 0.3) is 16.9 Å². The van der Waals surface area contributed by atoms with Crippen LogP contribution in [0.2, 0.25) is 0 Å². The molecule has 0 aliphatic heterocycles. The molecule has 25 heavy (non-hydrogen) atoms. The smallest absolute Gasteiger partial charge is 0.328 e. The van der Waals surface area contributed by atoms with Crippen LogP contribution >= 0.6 is 8.60 Å². The van der Waals surface area contributed by atoms with Gasteiger partial charge in [-0.15, -0.1) is 0 Å². The van der Waals surface area contributed by atoms with E-state index in [1.807, 2.05) is 6.07 Å². The van der Waals surface area contributed by atoms with Crippen LogP contribution in [0.3, 0.4) is 0 Å². The van der Waals surface area contributed by atoms with Gasteiger partial charge in [0.2, 0.25) is 0 Å². The largest absolute Gasteiger partial charge is 0.330 e. The van der Waals surface area contributed by atoms with Crippen LogP contribution in [0.15, 0.2) is 34.2 Å². The lowest BCUT2D eigenvalue weighted by Crippen LogP contribution is -2.31. The van der Waals surface area contributed by atoms with Crippen LogP contribution < -0.4 is 11.2 Å². The summed E-state index contributed by atoms with van der Waals surface area (Å²) >= 11 is 0. The summed E-state index contributed by atoms with van der Waals surface area (Å²) in [4.78, 5) is 48.2. The molecule has 0 aromatic carbocycles. The highest BCUT2D eigenvalue weighted by atomic mass is 31.2. The lowest BCUT2D eigenvalue weighted by atomic mass is 10.1. The number of H-pyrrole nitrogens is 1. The van der Waals surface area contributed by atoms with E-state index in [4.69, 9.17) is 9.79 Å². The zero-order valence-corrected chi connectivity index (χ0v) is 13.8. The molecule has 0 unspecified atom stereocenters. The van der Waals surface area contributed by atoms with Crippen molar-refractivity contribution >= 4 is 14.2 Å². The number of rotatable bonds is 5. The molecule has 0 bridgehead atoms. The molecule has 3 N–H and O–H groups in total. The van der Waals surface area contributed by atoms with Gasteiger partial charge in [0.05, 0.1) is 11.3 Å². The molecule has 4 rings (SSSR count). The molecular formula is C14H14N5O5P. The van der Waals surface area contributed by atoms with Gasteiger partial charge >= 0.3 is 14.3 Å². The summed E-state index contributed by atoms with van der Waals surface area (Å²) in [7, 11) is -2.61. The van der Waals surface area contributed by atoms with E-state index in [9.17, 15) is 9.59 Å². The summed E-state index contributed by atoms with van der Waals surface area (Å²) < 4.78 is 7.29. The lowest BCUT2D eigenvalue weighted by Gasteiger charge is -2.09. The van der Waals surface area contributed by atoms with E-state index in [0.717, 1.165) is 28.6 Å². The third-order valence-electron chi connectivity index (χ3n) is 4.00. The molecular weight excluding hydrogens is 349 g/mol. The van der Waals surface area contributed by atoms with Gasteiger partial charge in [0, 0.05) is 24.2 Å². The molecule has 0 atom stereocenters. The van der Waals surface area contributed by atoms with E-state index in [2.05, 4.69) is 19.6 Å². The fourth-order valence-electron chi connectivity index (χ4n) is 2.67. The van der Waals surface area contributed by atoms with Gasteiger partial charge in [0.25, 0.3) is 5.56 Å². The Hall–Kier alpha value is -2.39. The second-order valence-electron chi connectivity index (χ2n) is 5.74. The SMILES string of the molecule is O=c1[nH]c(=O)n(COP(O)O)cc1-c1cc(C2CC2)c2nccn2n1. The zero-order valence-electron chi connectivity index (χ0n) is 12.9. The first-order chi connectivity index (χ1) is 12.0. The van der Waals surface area contributed by atoms with Crippen LogP contribution in [0, 0.1) is 0 Å². The average molecular weight is 363 g/mol. The summed E-state index contributed by atoms with van der Waals surface area (Å²) in [6.45, 7) is -0.399. The lowest BCUT2D eigenvalue weighted by molar-refractivity contribution is 0.192. The molecule has 1 saturated carbocycles. The zero-order chi connectivity index (χ0) is 17.6. The van der Waals surface area contributed by atoms with Gasteiger partial charge in [-0.1, -0.05) is 0 Å². The van der Waals surface area contributed by atoms with Crippen molar-refractivity contribution in [2.75, 3.05) is 0 Å². The molecule has 3 aromatic rings. The van der Waals surface area contributed by atoms with Gasteiger partial charge < -0.3 is 9.79 Å². The number of nitrogens with one attached hydrogen (secondary N) is 1.